The molecule has 0 N–H and O–H groups in total. The molecule has 1 heterocycles. The number of carbonyl (C=O) groups is 1. The zero-order valence-corrected chi connectivity index (χ0v) is 13.8. The van der Waals surface area contributed by atoms with E-state index in [2.05, 4.69) is 10.1 Å². The molecule has 1 aromatic heterocycles. The maximum atomic E-state index is 11.9. The fourth-order valence-electron chi connectivity index (χ4n) is 1.76. The molecule has 6 heteroatoms. The molecule has 0 radical (unpaired) electrons. The van der Waals surface area contributed by atoms with Crippen LogP contribution in [0.3, 0.4) is 0 Å². The molecule has 0 aliphatic heterocycles. The summed E-state index contributed by atoms with van der Waals surface area (Å²) in [6.07, 6.45) is -0.412. The highest BCUT2D eigenvalue weighted by Crippen LogP contribution is 2.22. The third-order valence-corrected chi connectivity index (χ3v) is 3.28. The van der Waals surface area contributed by atoms with Gasteiger partial charge in [-0.05, 0) is 24.6 Å². The van der Waals surface area contributed by atoms with E-state index in [1.807, 2.05) is 20.8 Å². The largest absolute Gasteiger partial charge is 0.452 e. The first kappa shape index (κ1) is 16.5. The molecule has 2 aromatic rings. The molecule has 5 nitrogen and oxygen atoms in total. The van der Waals surface area contributed by atoms with Crippen LogP contribution in [0.15, 0.2) is 28.8 Å². The van der Waals surface area contributed by atoms with Gasteiger partial charge in [-0.15, -0.1) is 0 Å². The van der Waals surface area contributed by atoms with Crippen molar-refractivity contribution in [2.45, 2.75) is 45.6 Å². The van der Waals surface area contributed by atoms with Crippen LogP contribution in [-0.2, 0) is 21.4 Å². The second-order valence-electron chi connectivity index (χ2n) is 6.14. The molecule has 1 unspecified atom stereocenters. The third-order valence-electron chi connectivity index (χ3n) is 3.03. The first-order valence-electron chi connectivity index (χ1n) is 7.03. The van der Waals surface area contributed by atoms with E-state index in [0.717, 1.165) is 5.56 Å². The van der Waals surface area contributed by atoms with Crippen LogP contribution >= 0.6 is 11.6 Å². The van der Waals surface area contributed by atoms with Crippen molar-refractivity contribution in [1.82, 2.24) is 10.1 Å². The predicted molar refractivity (Wildman–Crippen MR) is 82.7 cm³/mol. The number of halogens is 1. The number of nitrogens with zero attached hydrogens (tertiary/aromatic N) is 2. The van der Waals surface area contributed by atoms with Gasteiger partial charge in [0.05, 0.1) is 6.42 Å². The topological polar surface area (TPSA) is 65.2 Å². The molecule has 0 saturated carbocycles. The van der Waals surface area contributed by atoms with Gasteiger partial charge in [-0.1, -0.05) is 49.7 Å². The van der Waals surface area contributed by atoms with Gasteiger partial charge in [0.1, 0.15) is 0 Å². The molecule has 0 aliphatic carbocycles. The van der Waals surface area contributed by atoms with Crippen molar-refractivity contribution in [2.24, 2.45) is 0 Å². The summed E-state index contributed by atoms with van der Waals surface area (Å²) in [6, 6.07) is 7.06. The number of rotatable bonds is 4. The van der Waals surface area contributed by atoms with Gasteiger partial charge in [0.15, 0.2) is 11.9 Å². The summed E-state index contributed by atoms with van der Waals surface area (Å²) in [6.45, 7) is 7.66. The van der Waals surface area contributed by atoms with Crippen LogP contribution in [0.5, 0.6) is 0 Å². The second-order valence-corrected chi connectivity index (χ2v) is 6.58. The molecule has 0 fully saturated rings. The van der Waals surface area contributed by atoms with Gasteiger partial charge in [-0.25, -0.2) is 0 Å². The van der Waals surface area contributed by atoms with E-state index in [0.29, 0.717) is 16.7 Å². The van der Waals surface area contributed by atoms with E-state index in [1.54, 1.807) is 31.2 Å². The molecular formula is C16H19ClN2O3. The number of hydrogen-bond acceptors (Lipinski definition) is 5. The molecule has 1 atom stereocenters. The lowest BCUT2D eigenvalue weighted by atomic mass is 9.96. The summed E-state index contributed by atoms with van der Waals surface area (Å²) in [5, 5.41) is 4.55. The molecule has 0 amide bonds. The average molecular weight is 323 g/mol. The highest BCUT2D eigenvalue weighted by Gasteiger charge is 2.24. The fourth-order valence-corrected chi connectivity index (χ4v) is 1.89. The highest BCUT2D eigenvalue weighted by molar-refractivity contribution is 6.30. The Bertz CT molecular complexity index is 644. The zero-order valence-electron chi connectivity index (χ0n) is 13.1. The molecule has 0 spiro atoms. The number of esters is 1. The smallest absolute Gasteiger partial charge is 0.311 e. The van der Waals surface area contributed by atoms with Crippen molar-refractivity contribution >= 4 is 17.6 Å². The Balaban J connectivity index is 1.96. The Morgan fingerprint density at radius 1 is 1.32 bits per heavy atom. The SMILES string of the molecule is CC(OC(=O)Cc1ccc(Cl)cc1)c1nc(C(C)(C)C)no1. The molecule has 2 rings (SSSR count). The molecule has 22 heavy (non-hydrogen) atoms. The van der Waals surface area contributed by atoms with Crippen LogP contribution in [0.1, 0.15) is 51.1 Å². The van der Waals surface area contributed by atoms with E-state index in [9.17, 15) is 4.79 Å². The Hall–Kier alpha value is -1.88. The molecule has 0 bridgehead atoms. The predicted octanol–water partition coefficient (Wildman–Crippen LogP) is 3.87. The molecular weight excluding hydrogens is 304 g/mol. The first-order chi connectivity index (χ1) is 10.3. The quantitative estimate of drug-likeness (QED) is 0.799. The molecule has 1 aromatic carbocycles. The van der Waals surface area contributed by atoms with Crippen LogP contribution in [0, 0.1) is 0 Å². The summed E-state index contributed by atoms with van der Waals surface area (Å²) in [5.74, 6) is 0.530. The van der Waals surface area contributed by atoms with E-state index in [1.165, 1.54) is 0 Å². The summed E-state index contributed by atoms with van der Waals surface area (Å²) in [7, 11) is 0. The Morgan fingerprint density at radius 2 is 1.95 bits per heavy atom. The van der Waals surface area contributed by atoms with E-state index >= 15 is 0 Å². The van der Waals surface area contributed by atoms with Crippen LogP contribution in [0.4, 0.5) is 0 Å². The molecule has 0 saturated heterocycles. The Labute approximate surface area is 134 Å². The molecule has 0 aliphatic rings. The minimum Gasteiger partial charge on any atom is -0.452 e. The van der Waals surface area contributed by atoms with Crippen LogP contribution < -0.4 is 0 Å². The minimum atomic E-state index is -0.580. The minimum absolute atomic E-state index is 0.168. The van der Waals surface area contributed by atoms with Gasteiger partial charge >= 0.3 is 5.97 Å². The Kier molecular flexibility index (Phi) is 4.86. The van der Waals surface area contributed by atoms with Crippen LogP contribution in [0.25, 0.3) is 0 Å². The number of carbonyl (C=O) groups excluding carboxylic acids is 1. The number of ether oxygens (including phenoxy) is 1. The van der Waals surface area contributed by atoms with Crippen molar-refractivity contribution in [1.29, 1.82) is 0 Å². The highest BCUT2D eigenvalue weighted by atomic mass is 35.5. The third kappa shape index (κ3) is 4.31. The van der Waals surface area contributed by atoms with Crippen molar-refractivity contribution in [3.63, 3.8) is 0 Å². The Morgan fingerprint density at radius 3 is 2.50 bits per heavy atom. The number of benzene rings is 1. The average Bonchev–Trinajstić information content (AvgIpc) is 2.91. The monoisotopic (exact) mass is 322 g/mol. The van der Waals surface area contributed by atoms with Crippen molar-refractivity contribution < 1.29 is 14.1 Å². The van der Waals surface area contributed by atoms with Gasteiger partial charge < -0.3 is 9.26 Å². The van der Waals surface area contributed by atoms with Gasteiger partial charge in [0, 0.05) is 10.4 Å². The van der Waals surface area contributed by atoms with E-state index in [-0.39, 0.29) is 17.8 Å². The fraction of sp³-hybridized carbons (Fsp3) is 0.438. The standard InChI is InChI=1S/C16H19ClN2O3/c1-10(14-18-15(19-22-14)16(2,3)4)21-13(20)9-11-5-7-12(17)8-6-11/h5-8,10H,9H2,1-4H3. The lowest BCUT2D eigenvalue weighted by Gasteiger charge is -2.11. The van der Waals surface area contributed by atoms with Gasteiger partial charge in [-0.3, -0.25) is 4.79 Å². The van der Waals surface area contributed by atoms with Gasteiger partial charge in [-0.2, -0.15) is 4.98 Å². The second kappa shape index (κ2) is 6.48. The van der Waals surface area contributed by atoms with Crippen LogP contribution in [-0.4, -0.2) is 16.1 Å². The molecule has 118 valence electrons. The maximum absolute atomic E-state index is 11.9. The van der Waals surface area contributed by atoms with Crippen molar-refractivity contribution in [3.05, 3.63) is 46.6 Å². The van der Waals surface area contributed by atoms with Gasteiger partial charge in [0.2, 0.25) is 0 Å². The lowest BCUT2D eigenvalue weighted by molar-refractivity contribution is -0.148. The summed E-state index contributed by atoms with van der Waals surface area (Å²) >= 11 is 5.81. The van der Waals surface area contributed by atoms with Crippen molar-refractivity contribution in [2.75, 3.05) is 0 Å². The van der Waals surface area contributed by atoms with Crippen LogP contribution in [0.2, 0.25) is 5.02 Å². The summed E-state index contributed by atoms with van der Waals surface area (Å²) < 4.78 is 10.5. The number of aromatic nitrogens is 2. The zero-order chi connectivity index (χ0) is 16.3. The van der Waals surface area contributed by atoms with Gasteiger partial charge in [0.25, 0.3) is 5.89 Å². The van der Waals surface area contributed by atoms with E-state index < -0.39 is 6.10 Å². The first-order valence-corrected chi connectivity index (χ1v) is 7.41. The number of hydrogen-bond donors (Lipinski definition) is 0. The van der Waals surface area contributed by atoms with E-state index in [4.69, 9.17) is 20.9 Å². The lowest BCUT2D eigenvalue weighted by Crippen LogP contribution is -2.14. The van der Waals surface area contributed by atoms with Crippen molar-refractivity contribution in [3.8, 4) is 0 Å². The normalized spacial score (nSPS) is 13.0. The summed E-state index contributed by atoms with van der Waals surface area (Å²) in [4.78, 5) is 16.2. The summed E-state index contributed by atoms with van der Waals surface area (Å²) in [5.41, 5.74) is 0.622. The maximum Gasteiger partial charge on any atom is 0.311 e.